The third kappa shape index (κ3) is 4.37. The second-order valence-corrected chi connectivity index (χ2v) is 9.63. The lowest BCUT2D eigenvalue weighted by atomic mass is 10.1. The number of methoxy groups -OCH3 is 1. The van der Waals surface area contributed by atoms with Gasteiger partial charge in [-0.05, 0) is 25.0 Å². The largest absolute Gasteiger partial charge is 0.497 e. The summed E-state index contributed by atoms with van der Waals surface area (Å²) in [6.45, 7) is 5.16. The molecule has 9 heteroatoms. The van der Waals surface area contributed by atoms with Gasteiger partial charge in [-0.25, -0.2) is 17.9 Å². The van der Waals surface area contributed by atoms with E-state index >= 15 is 0 Å². The molecule has 2 aromatic heterocycles. The van der Waals surface area contributed by atoms with Gasteiger partial charge >= 0.3 is 0 Å². The van der Waals surface area contributed by atoms with Crippen molar-refractivity contribution in [3.63, 3.8) is 0 Å². The van der Waals surface area contributed by atoms with E-state index < -0.39 is 10.0 Å². The first-order valence-electron chi connectivity index (χ1n) is 9.50. The van der Waals surface area contributed by atoms with Crippen LogP contribution in [0.25, 0.3) is 16.2 Å². The van der Waals surface area contributed by atoms with Crippen LogP contribution < -0.4 is 4.74 Å². The smallest absolute Gasteiger partial charge is 0.272 e. The van der Waals surface area contributed by atoms with Gasteiger partial charge in [0, 0.05) is 18.7 Å². The van der Waals surface area contributed by atoms with Crippen LogP contribution in [0.15, 0.2) is 34.8 Å². The lowest BCUT2D eigenvalue weighted by molar-refractivity contribution is 0.394. The van der Waals surface area contributed by atoms with Crippen LogP contribution in [0, 0.1) is 0 Å². The Morgan fingerprint density at radius 2 is 1.89 bits per heavy atom. The fraction of sp³-hybridized carbons (Fsp3) is 0.474. The highest BCUT2D eigenvalue weighted by Crippen LogP contribution is 2.28. The second-order valence-electron chi connectivity index (χ2n) is 6.56. The number of rotatable bonds is 10. The highest BCUT2D eigenvalue weighted by Gasteiger charge is 2.28. The molecule has 0 aliphatic rings. The summed E-state index contributed by atoms with van der Waals surface area (Å²) < 4.78 is 34.6. The molecule has 0 radical (unpaired) electrons. The van der Waals surface area contributed by atoms with Gasteiger partial charge in [0.05, 0.1) is 19.0 Å². The fourth-order valence-corrected chi connectivity index (χ4v) is 5.57. The molecule has 0 unspecified atom stereocenters. The Hall–Kier alpha value is -1.97. The Bertz CT molecular complexity index is 987. The van der Waals surface area contributed by atoms with Crippen molar-refractivity contribution in [2.45, 2.75) is 43.9 Å². The molecule has 3 aromatic rings. The van der Waals surface area contributed by atoms with Gasteiger partial charge in [-0.15, -0.1) is 5.10 Å². The molecule has 3 rings (SSSR count). The average molecular weight is 423 g/mol. The first-order valence-corrected chi connectivity index (χ1v) is 11.8. The number of aromatic nitrogens is 3. The molecule has 0 aliphatic carbocycles. The zero-order valence-electron chi connectivity index (χ0n) is 16.5. The van der Waals surface area contributed by atoms with E-state index in [2.05, 4.69) is 23.9 Å². The van der Waals surface area contributed by atoms with Crippen molar-refractivity contribution in [2.24, 2.45) is 0 Å². The molecule has 0 aliphatic heterocycles. The van der Waals surface area contributed by atoms with Crippen molar-refractivity contribution in [1.82, 2.24) is 18.9 Å². The number of imidazole rings is 1. The van der Waals surface area contributed by atoms with Crippen LogP contribution in [0.3, 0.4) is 0 Å². The molecule has 2 heterocycles. The maximum absolute atomic E-state index is 13.1. The fourth-order valence-electron chi connectivity index (χ4n) is 2.84. The molecule has 0 saturated carbocycles. The number of nitrogens with zero attached hydrogens (tertiary/aromatic N) is 4. The van der Waals surface area contributed by atoms with Crippen molar-refractivity contribution in [1.29, 1.82) is 0 Å². The van der Waals surface area contributed by atoms with Gasteiger partial charge < -0.3 is 4.74 Å². The Balaban J connectivity index is 1.89. The van der Waals surface area contributed by atoms with E-state index in [0.29, 0.717) is 18.1 Å². The van der Waals surface area contributed by atoms with Gasteiger partial charge in [-0.1, -0.05) is 50.2 Å². The minimum atomic E-state index is -3.61. The topological polar surface area (TPSA) is 76.8 Å². The number of unbranched alkanes of at least 4 members (excludes halogenated alkanes) is 2. The maximum Gasteiger partial charge on any atom is 0.272 e. The minimum absolute atomic E-state index is 0.0967. The number of benzene rings is 1. The predicted octanol–water partition coefficient (Wildman–Crippen LogP) is 4.06. The molecule has 0 fully saturated rings. The molecular formula is C19H26N4O3S2. The van der Waals surface area contributed by atoms with Crippen LogP contribution in [0.1, 0.15) is 39.5 Å². The summed E-state index contributed by atoms with van der Waals surface area (Å²) in [7, 11) is -1.99. The molecule has 28 heavy (non-hydrogen) atoms. The van der Waals surface area contributed by atoms with Gasteiger partial charge in [0.25, 0.3) is 10.0 Å². The summed E-state index contributed by atoms with van der Waals surface area (Å²) >= 11 is 1.10. The normalized spacial score (nSPS) is 12.1. The van der Waals surface area contributed by atoms with Crippen LogP contribution in [0.5, 0.6) is 5.75 Å². The van der Waals surface area contributed by atoms with Gasteiger partial charge in [0.15, 0.2) is 0 Å². The first kappa shape index (κ1) is 20.8. The molecule has 0 saturated heterocycles. The molecule has 0 amide bonds. The summed E-state index contributed by atoms with van der Waals surface area (Å²) in [6, 6.07) is 7.58. The molecule has 0 bridgehead atoms. The van der Waals surface area contributed by atoms with E-state index in [1.807, 2.05) is 24.3 Å². The van der Waals surface area contributed by atoms with E-state index in [0.717, 1.165) is 54.0 Å². The van der Waals surface area contributed by atoms with Crippen molar-refractivity contribution < 1.29 is 13.2 Å². The molecule has 0 N–H and O–H groups in total. The summed E-state index contributed by atoms with van der Waals surface area (Å²) in [5, 5.41) is 4.32. The number of hydrogen-bond acceptors (Lipinski definition) is 6. The Kier molecular flexibility index (Phi) is 6.69. The first-order chi connectivity index (χ1) is 13.5. The van der Waals surface area contributed by atoms with Crippen LogP contribution in [-0.4, -0.2) is 47.5 Å². The zero-order chi connectivity index (χ0) is 20.1. The summed E-state index contributed by atoms with van der Waals surface area (Å²) in [5.41, 5.74) is 1.63. The molecule has 0 atom stereocenters. The molecule has 0 spiro atoms. The van der Waals surface area contributed by atoms with E-state index in [4.69, 9.17) is 4.74 Å². The number of sulfonamides is 1. The Morgan fingerprint density at radius 3 is 2.50 bits per heavy atom. The van der Waals surface area contributed by atoms with Crippen LogP contribution in [-0.2, 0) is 10.0 Å². The Labute approximate surface area is 170 Å². The lowest BCUT2D eigenvalue weighted by Gasteiger charge is -2.19. The van der Waals surface area contributed by atoms with E-state index in [1.165, 1.54) is 0 Å². The summed E-state index contributed by atoms with van der Waals surface area (Å²) in [6.07, 6.45) is 5.32. The Morgan fingerprint density at radius 1 is 1.18 bits per heavy atom. The standard InChI is InChI=1S/C19H26N4O3S2/c1-4-6-11-22(12-7-5-2)28(24,25)19-21-23-14-17(20-18(23)27-19)15-9-8-10-16(13-15)26-3/h8-10,13-14H,4-7,11-12H2,1-3H3. The van der Waals surface area contributed by atoms with Gasteiger partial charge in [0.2, 0.25) is 9.30 Å². The molecule has 7 nitrogen and oxygen atoms in total. The van der Waals surface area contributed by atoms with Crippen LogP contribution >= 0.6 is 11.3 Å². The lowest BCUT2D eigenvalue weighted by Crippen LogP contribution is -2.33. The molecule has 152 valence electrons. The molecule has 1 aromatic carbocycles. The van der Waals surface area contributed by atoms with Crippen molar-refractivity contribution >= 4 is 26.3 Å². The minimum Gasteiger partial charge on any atom is -0.497 e. The molecular weight excluding hydrogens is 396 g/mol. The maximum atomic E-state index is 13.1. The SMILES string of the molecule is CCCCN(CCCC)S(=O)(=O)c1nn2cc(-c3cccc(OC)c3)nc2s1. The average Bonchev–Trinajstić information content (AvgIpc) is 3.28. The second kappa shape index (κ2) is 9.02. The predicted molar refractivity (Wildman–Crippen MR) is 111 cm³/mol. The number of fused-ring (bicyclic) bond motifs is 1. The van der Waals surface area contributed by atoms with Crippen molar-refractivity contribution in [3.05, 3.63) is 30.5 Å². The van der Waals surface area contributed by atoms with Gasteiger partial charge in [-0.3, -0.25) is 0 Å². The summed E-state index contributed by atoms with van der Waals surface area (Å²) in [5.74, 6) is 0.743. The van der Waals surface area contributed by atoms with Crippen LogP contribution in [0.4, 0.5) is 0 Å². The van der Waals surface area contributed by atoms with E-state index in [1.54, 1.807) is 22.1 Å². The quantitative estimate of drug-likeness (QED) is 0.492. The number of hydrogen-bond donors (Lipinski definition) is 0. The van der Waals surface area contributed by atoms with Crippen molar-refractivity contribution in [3.8, 4) is 17.0 Å². The number of ether oxygens (including phenoxy) is 1. The monoisotopic (exact) mass is 422 g/mol. The summed E-state index contributed by atoms with van der Waals surface area (Å²) in [4.78, 5) is 5.11. The van der Waals surface area contributed by atoms with Crippen molar-refractivity contribution in [2.75, 3.05) is 20.2 Å². The highest BCUT2D eigenvalue weighted by atomic mass is 32.2. The van der Waals surface area contributed by atoms with Gasteiger partial charge in [-0.2, -0.15) is 4.31 Å². The zero-order valence-corrected chi connectivity index (χ0v) is 18.1. The third-order valence-corrected chi connectivity index (χ3v) is 7.64. The van der Waals surface area contributed by atoms with Crippen LogP contribution in [0.2, 0.25) is 0 Å². The third-order valence-electron chi connectivity index (χ3n) is 4.47. The highest BCUT2D eigenvalue weighted by molar-refractivity contribution is 7.91. The van der Waals surface area contributed by atoms with Gasteiger partial charge in [0.1, 0.15) is 5.75 Å². The van der Waals surface area contributed by atoms with E-state index in [-0.39, 0.29) is 4.34 Å². The van der Waals surface area contributed by atoms with E-state index in [9.17, 15) is 8.42 Å².